The Morgan fingerprint density at radius 2 is 2.16 bits per heavy atom. The summed E-state index contributed by atoms with van der Waals surface area (Å²) in [6, 6.07) is 4.53. The van der Waals surface area contributed by atoms with Crippen molar-refractivity contribution in [1.82, 2.24) is 25.2 Å². The maximum atomic E-state index is 13.1. The lowest BCUT2D eigenvalue weighted by molar-refractivity contribution is -0.689. The lowest BCUT2D eigenvalue weighted by Crippen LogP contribution is -2.71. The van der Waals surface area contributed by atoms with Gasteiger partial charge in [0, 0.05) is 41.2 Å². The minimum Gasteiger partial charge on any atom is -0.543 e. The van der Waals surface area contributed by atoms with Crippen LogP contribution in [-0.4, -0.2) is 60.5 Å². The van der Waals surface area contributed by atoms with Gasteiger partial charge in [0.2, 0.25) is 0 Å². The van der Waals surface area contributed by atoms with Crippen LogP contribution in [0.4, 0.5) is 5.13 Å². The fourth-order valence-electron chi connectivity index (χ4n) is 3.90. The Hall–Kier alpha value is -4.24. The van der Waals surface area contributed by atoms with Crippen LogP contribution in [0.5, 0.6) is 0 Å². The number of thiazole rings is 1. The molecule has 0 spiro atoms. The van der Waals surface area contributed by atoms with Crippen molar-refractivity contribution >= 4 is 51.7 Å². The molecule has 0 aliphatic carbocycles. The maximum Gasteiger partial charge on any atom is 0.276 e. The van der Waals surface area contributed by atoms with E-state index in [1.54, 1.807) is 30.2 Å². The van der Waals surface area contributed by atoms with Gasteiger partial charge in [-0.25, -0.2) is 14.5 Å². The van der Waals surface area contributed by atoms with Crippen molar-refractivity contribution in [1.29, 1.82) is 0 Å². The van der Waals surface area contributed by atoms with E-state index in [0.717, 1.165) is 11.3 Å². The van der Waals surface area contributed by atoms with Crippen LogP contribution < -0.4 is 20.7 Å². The first kappa shape index (κ1) is 24.5. The molecule has 13 nitrogen and oxygen atoms in total. The quantitative estimate of drug-likeness (QED) is 0.129. The van der Waals surface area contributed by atoms with Crippen LogP contribution in [0, 0.1) is 0 Å². The van der Waals surface area contributed by atoms with Crippen LogP contribution in [0.2, 0.25) is 0 Å². The summed E-state index contributed by atoms with van der Waals surface area (Å²) in [6.07, 6.45) is 6.77. The SMILES string of the molecule is Nc1nc(C(=NOCc2ncc[nH]2)C(=O)N[C@@H]2C(=O)N3C(C(=O)[O-])=C(C[n+]4ccccc4)CS[C@H]23)cs1. The van der Waals surface area contributed by atoms with E-state index in [4.69, 9.17) is 10.6 Å². The third-order valence-corrected chi connectivity index (χ3v) is 7.58. The summed E-state index contributed by atoms with van der Waals surface area (Å²) < 4.78 is 1.81. The number of pyridine rings is 1. The Labute approximate surface area is 218 Å². The molecule has 2 amide bonds. The number of carboxylic acid groups (broad SMARTS) is 1. The fraction of sp³-hybridized carbons (Fsp3) is 0.227. The second-order valence-electron chi connectivity index (χ2n) is 7.97. The molecule has 0 unspecified atom stereocenters. The van der Waals surface area contributed by atoms with Gasteiger partial charge in [0.05, 0.1) is 11.7 Å². The number of aliphatic carboxylic acids is 1. The molecule has 0 aromatic carbocycles. The molecular formula is C22H20N8O5S2. The van der Waals surface area contributed by atoms with Gasteiger partial charge in [-0.2, -0.15) is 0 Å². The van der Waals surface area contributed by atoms with E-state index in [9.17, 15) is 19.5 Å². The zero-order chi connectivity index (χ0) is 25.9. The molecule has 1 fully saturated rings. The number of nitrogens with two attached hydrogens (primary N) is 1. The molecule has 0 radical (unpaired) electrons. The molecule has 15 heteroatoms. The van der Waals surface area contributed by atoms with Crippen LogP contribution in [0.1, 0.15) is 11.5 Å². The largest absolute Gasteiger partial charge is 0.543 e. The van der Waals surface area contributed by atoms with Crippen molar-refractivity contribution in [3.05, 3.63) is 71.2 Å². The van der Waals surface area contributed by atoms with Gasteiger partial charge in [-0.15, -0.1) is 23.1 Å². The molecule has 0 bridgehead atoms. The summed E-state index contributed by atoms with van der Waals surface area (Å²) in [5.41, 5.74) is 6.09. The molecule has 190 valence electrons. The van der Waals surface area contributed by atoms with E-state index in [1.165, 1.54) is 16.7 Å². The molecule has 0 saturated carbocycles. The van der Waals surface area contributed by atoms with Crippen molar-refractivity contribution in [2.45, 2.75) is 24.6 Å². The molecule has 5 rings (SSSR count). The van der Waals surface area contributed by atoms with Gasteiger partial charge in [0.1, 0.15) is 22.9 Å². The first-order valence-corrected chi connectivity index (χ1v) is 12.9. The molecule has 2 aliphatic rings. The molecule has 37 heavy (non-hydrogen) atoms. The zero-order valence-electron chi connectivity index (χ0n) is 19.1. The summed E-state index contributed by atoms with van der Waals surface area (Å²) in [6.45, 7) is 0.264. The van der Waals surface area contributed by atoms with Gasteiger partial charge in [0.25, 0.3) is 11.8 Å². The smallest absolute Gasteiger partial charge is 0.276 e. The number of β-lactam (4-membered cyclic amide) rings is 1. The van der Waals surface area contributed by atoms with Gasteiger partial charge in [-0.1, -0.05) is 11.2 Å². The highest BCUT2D eigenvalue weighted by molar-refractivity contribution is 8.00. The number of H-pyrrole nitrogens is 1. The highest BCUT2D eigenvalue weighted by Crippen LogP contribution is 2.40. The monoisotopic (exact) mass is 540 g/mol. The van der Waals surface area contributed by atoms with Crippen LogP contribution in [0.25, 0.3) is 0 Å². The second-order valence-corrected chi connectivity index (χ2v) is 9.96. The molecule has 4 N–H and O–H groups in total. The van der Waals surface area contributed by atoms with E-state index < -0.39 is 29.2 Å². The number of nitrogens with zero attached hydrogens (tertiary/aromatic N) is 5. The summed E-state index contributed by atoms with van der Waals surface area (Å²) >= 11 is 2.47. The Balaban J connectivity index is 1.32. The lowest BCUT2D eigenvalue weighted by Gasteiger charge is -2.50. The number of hydrogen-bond donors (Lipinski definition) is 3. The molecule has 1 saturated heterocycles. The normalized spacial score (nSPS) is 19.3. The minimum atomic E-state index is -1.44. The molecular weight excluding hydrogens is 520 g/mol. The Morgan fingerprint density at radius 3 is 2.84 bits per heavy atom. The number of carbonyl (C=O) groups excluding carboxylic acids is 3. The molecule has 3 aromatic rings. The summed E-state index contributed by atoms with van der Waals surface area (Å²) in [5.74, 6) is -1.87. The van der Waals surface area contributed by atoms with Crippen molar-refractivity contribution in [2.75, 3.05) is 11.5 Å². The number of oxime groups is 1. The predicted molar refractivity (Wildman–Crippen MR) is 130 cm³/mol. The average Bonchev–Trinajstić information content (AvgIpc) is 3.57. The van der Waals surface area contributed by atoms with Crippen molar-refractivity contribution in [3.8, 4) is 0 Å². The van der Waals surface area contributed by atoms with Crippen molar-refractivity contribution in [2.24, 2.45) is 5.16 Å². The number of fused-ring (bicyclic) bond motifs is 1. The van der Waals surface area contributed by atoms with Gasteiger partial charge in [-0.3, -0.25) is 14.5 Å². The number of carboxylic acids is 1. The van der Waals surface area contributed by atoms with E-state index in [1.807, 2.05) is 22.8 Å². The van der Waals surface area contributed by atoms with E-state index >= 15 is 0 Å². The Kier molecular flexibility index (Phi) is 6.87. The number of nitrogen functional groups attached to an aromatic ring is 1. The van der Waals surface area contributed by atoms with Gasteiger partial charge >= 0.3 is 0 Å². The molecule has 3 aromatic heterocycles. The first-order chi connectivity index (χ1) is 17.9. The second kappa shape index (κ2) is 10.4. The minimum absolute atomic E-state index is 0.0278. The summed E-state index contributed by atoms with van der Waals surface area (Å²) in [4.78, 5) is 55.6. The number of carbonyl (C=O) groups is 3. The average molecular weight is 541 g/mol. The Bertz CT molecular complexity index is 1390. The summed E-state index contributed by atoms with van der Waals surface area (Å²) in [5, 5.41) is 19.7. The number of amides is 2. The van der Waals surface area contributed by atoms with Crippen LogP contribution >= 0.6 is 23.1 Å². The number of nitrogens with one attached hydrogen (secondary N) is 2. The standard InChI is InChI=1S/C22H20N8O5S2/c23-22-26-13(11-37-22)15(28-35-9-14-24-4-5-25-14)18(31)27-16-19(32)30-17(21(33)34)12(10-36-20(16)30)8-29-6-2-1-3-7-29/h1-7,11,16,20H,8-10H2,(H4-,23,24,25,26,27,31,33,34)/t16-,20-/m1/s1. The molecule has 2 atom stereocenters. The van der Waals surface area contributed by atoms with Crippen molar-refractivity contribution in [3.63, 3.8) is 0 Å². The molecule has 5 heterocycles. The lowest BCUT2D eigenvalue weighted by atomic mass is 10.0. The van der Waals surface area contributed by atoms with E-state index in [0.29, 0.717) is 23.7 Å². The first-order valence-electron chi connectivity index (χ1n) is 10.9. The molecule has 2 aliphatic heterocycles. The number of imidazole rings is 1. The van der Waals surface area contributed by atoms with Crippen LogP contribution in [0.3, 0.4) is 0 Å². The third-order valence-electron chi connectivity index (χ3n) is 5.57. The summed E-state index contributed by atoms with van der Waals surface area (Å²) in [7, 11) is 0. The fourth-order valence-corrected chi connectivity index (χ4v) is 5.78. The number of thioether (sulfide) groups is 1. The number of aromatic amines is 1. The van der Waals surface area contributed by atoms with Gasteiger partial charge in [-0.05, 0) is 0 Å². The number of anilines is 1. The number of rotatable bonds is 9. The van der Waals surface area contributed by atoms with Crippen molar-refractivity contribution < 1.29 is 28.9 Å². The van der Waals surface area contributed by atoms with E-state index in [2.05, 4.69) is 25.4 Å². The van der Waals surface area contributed by atoms with E-state index in [-0.39, 0.29) is 28.8 Å². The van der Waals surface area contributed by atoms with Crippen LogP contribution in [0.15, 0.2) is 64.8 Å². The predicted octanol–water partition coefficient (Wildman–Crippen LogP) is -1.24. The number of aromatic nitrogens is 4. The number of hydrogen-bond acceptors (Lipinski definition) is 11. The highest BCUT2D eigenvalue weighted by Gasteiger charge is 2.53. The highest BCUT2D eigenvalue weighted by atomic mass is 32.2. The van der Waals surface area contributed by atoms with Crippen LogP contribution in [-0.2, 0) is 32.4 Å². The third kappa shape index (κ3) is 5.03. The maximum absolute atomic E-state index is 13.1. The van der Waals surface area contributed by atoms with Gasteiger partial charge in [0.15, 0.2) is 36.4 Å². The van der Waals surface area contributed by atoms with Gasteiger partial charge < -0.3 is 30.8 Å². The zero-order valence-corrected chi connectivity index (χ0v) is 20.7. The Morgan fingerprint density at radius 1 is 1.35 bits per heavy atom. The topological polar surface area (TPSA) is 183 Å².